The number of hydrogen-bond acceptors (Lipinski definition) is 3. The Balaban J connectivity index is 2.58. The van der Waals surface area contributed by atoms with Gasteiger partial charge in [0.1, 0.15) is 13.2 Å². The van der Waals surface area contributed by atoms with Crippen molar-refractivity contribution in [2.75, 3.05) is 13.2 Å². The summed E-state index contributed by atoms with van der Waals surface area (Å²) in [5, 5.41) is 9.56. The highest BCUT2D eigenvalue weighted by molar-refractivity contribution is 5.43. The maximum atomic E-state index is 9.56. The molecule has 82 valence electrons. The molecule has 4 nitrogen and oxygen atoms in total. The largest absolute Gasteiger partial charge is 0.481 e. The zero-order valence-electron chi connectivity index (χ0n) is 9.28. The second-order valence-electron chi connectivity index (χ2n) is 4.66. The zero-order chi connectivity index (χ0) is 11.1. The Labute approximate surface area is 89.0 Å². The van der Waals surface area contributed by atoms with Crippen LogP contribution >= 0.6 is 0 Å². The van der Waals surface area contributed by atoms with Crippen LogP contribution < -0.4 is 14.2 Å². The SMILES string of the molecule is CC(C)(C)c1cc[n+](O)c2c1OCCO2. The van der Waals surface area contributed by atoms with Crippen molar-refractivity contribution in [1.29, 1.82) is 0 Å². The maximum Gasteiger partial charge on any atom is 0.460 e. The van der Waals surface area contributed by atoms with Gasteiger partial charge in [-0.3, -0.25) is 5.21 Å². The molecule has 1 aliphatic rings. The third-order valence-electron chi connectivity index (χ3n) is 2.41. The predicted molar refractivity (Wildman–Crippen MR) is 53.5 cm³/mol. The first-order valence-electron chi connectivity index (χ1n) is 5.04. The number of fused-ring (bicyclic) bond motifs is 1. The third-order valence-corrected chi connectivity index (χ3v) is 2.41. The van der Waals surface area contributed by atoms with E-state index < -0.39 is 0 Å². The molecular formula is C11H16NO3+. The van der Waals surface area contributed by atoms with Crippen LogP contribution in [0.2, 0.25) is 0 Å². The lowest BCUT2D eigenvalue weighted by Gasteiger charge is -2.23. The van der Waals surface area contributed by atoms with Crippen molar-refractivity contribution in [3.05, 3.63) is 17.8 Å². The van der Waals surface area contributed by atoms with E-state index >= 15 is 0 Å². The van der Waals surface area contributed by atoms with Gasteiger partial charge in [-0.1, -0.05) is 20.8 Å². The average molecular weight is 210 g/mol. The fourth-order valence-electron chi connectivity index (χ4n) is 1.65. The molecule has 0 radical (unpaired) electrons. The van der Waals surface area contributed by atoms with Crippen molar-refractivity contribution in [3.8, 4) is 11.6 Å². The van der Waals surface area contributed by atoms with Crippen molar-refractivity contribution in [1.82, 2.24) is 0 Å². The van der Waals surface area contributed by atoms with E-state index in [4.69, 9.17) is 9.47 Å². The molecule has 1 aromatic heterocycles. The molecule has 0 aromatic carbocycles. The smallest absolute Gasteiger partial charge is 0.460 e. The van der Waals surface area contributed by atoms with E-state index in [0.717, 1.165) is 10.3 Å². The van der Waals surface area contributed by atoms with Gasteiger partial charge in [-0.15, -0.1) is 0 Å². The molecule has 15 heavy (non-hydrogen) atoms. The molecule has 0 spiro atoms. The summed E-state index contributed by atoms with van der Waals surface area (Å²) in [5.41, 5.74) is 1.02. The van der Waals surface area contributed by atoms with Gasteiger partial charge in [0.05, 0.1) is 0 Å². The van der Waals surface area contributed by atoms with Gasteiger partial charge in [-0.05, 0) is 5.41 Å². The van der Waals surface area contributed by atoms with Gasteiger partial charge in [0.2, 0.25) is 11.9 Å². The minimum atomic E-state index is -0.0287. The van der Waals surface area contributed by atoms with E-state index in [-0.39, 0.29) is 5.41 Å². The Hall–Kier alpha value is -1.45. The number of ether oxygens (including phenoxy) is 2. The van der Waals surface area contributed by atoms with Crippen molar-refractivity contribution < 1.29 is 19.4 Å². The van der Waals surface area contributed by atoms with Crippen LogP contribution in [0, 0.1) is 0 Å². The van der Waals surface area contributed by atoms with Crippen LogP contribution in [0.25, 0.3) is 0 Å². The molecule has 1 N–H and O–H groups in total. The van der Waals surface area contributed by atoms with Crippen LogP contribution in [-0.4, -0.2) is 18.4 Å². The molecule has 0 atom stereocenters. The van der Waals surface area contributed by atoms with E-state index in [2.05, 4.69) is 20.8 Å². The van der Waals surface area contributed by atoms with Gasteiger partial charge >= 0.3 is 5.88 Å². The molecule has 0 bridgehead atoms. The lowest BCUT2D eigenvalue weighted by atomic mass is 9.87. The molecule has 1 aromatic rings. The van der Waals surface area contributed by atoms with E-state index in [1.165, 1.54) is 0 Å². The molecule has 1 aliphatic heterocycles. The Morgan fingerprint density at radius 2 is 1.93 bits per heavy atom. The minimum Gasteiger partial charge on any atom is -0.481 e. The summed E-state index contributed by atoms with van der Waals surface area (Å²) >= 11 is 0. The van der Waals surface area contributed by atoms with E-state index in [1.807, 2.05) is 6.07 Å². The van der Waals surface area contributed by atoms with Gasteiger partial charge in [-0.2, -0.15) is 0 Å². The lowest BCUT2D eigenvalue weighted by molar-refractivity contribution is -0.906. The van der Waals surface area contributed by atoms with E-state index in [0.29, 0.717) is 24.8 Å². The molecule has 0 aliphatic carbocycles. The molecule has 0 saturated heterocycles. The topological polar surface area (TPSA) is 42.6 Å². The lowest BCUT2D eigenvalue weighted by Crippen LogP contribution is -2.37. The molecule has 0 unspecified atom stereocenters. The standard InChI is InChI=1S/C11H16NO3/c1-11(2,3)8-4-5-12(13)10-9(8)14-6-7-15-10/h4-5,13H,6-7H2,1-3H3/q+1. The Morgan fingerprint density at radius 1 is 1.27 bits per heavy atom. The van der Waals surface area contributed by atoms with Crippen LogP contribution in [0.1, 0.15) is 26.3 Å². The van der Waals surface area contributed by atoms with Gasteiger partial charge in [0.15, 0.2) is 0 Å². The number of rotatable bonds is 0. The first-order chi connectivity index (χ1) is 7.00. The van der Waals surface area contributed by atoms with Crippen molar-refractivity contribution in [2.24, 2.45) is 0 Å². The first-order valence-corrected chi connectivity index (χ1v) is 5.04. The Kier molecular flexibility index (Phi) is 2.21. The summed E-state index contributed by atoms with van der Waals surface area (Å²) in [5.74, 6) is 1.05. The summed E-state index contributed by atoms with van der Waals surface area (Å²) < 4.78 is 11.9. The normalized spacial score (nSPS) is 15.1. The molecule has 0 saturated carbocycles. The number of nitrogens with zero attached hydrogens (tertiary/aromatic N) is 1. The first kappa shape index (κ1) is 10.1. The second-order valence-corrected chi connectivity index (χ2v) is 4.66. The predicted octanol–water partition coefficient (Wildman–Crippen LogP) is 1.28. The zero-order valence-corrected chi connectivity index (χ0v) is 9.28. The molecular weight excluding hydrogens is 194 g/mol. The fourth-order valence-corrected chi connectivity index (χ4v) is 1.65. The summed E-state index contributed by atoms with van der Waals surface area (Å²) in [6.45, 7) is 7.30. The van der Waals surface area contributed by atoms with Crippen LogP contribution in [0.3, 0.4) is 0 Å². The van der Waals surface area contributed by atoms with Gasteiger partial charge in [-0.25, -0.2) is 0 Å². The number of hydrogen-bond donors (Lipinski definition) is 1. The van der Waals surface area contributed by atoms with Gasteiger partial charge in [0.25, 0.3) is 0 Å². The minimum absolute atomic E-state index is 0.0287. The summed E-state index contributed by atoms with van der Waals surface area (Å²) in [7, 11) is 0. The highest BCUT2D eigenvalue weighted by Gasteiger charge is 2.32. The number of aromatic nitrogens is 1. The van der Waals surface area contributed by atoms with Crippen molar-refractivity contribution >= 4 is 0 Å². The van der Waals surface area contributed by atoms with Gasteiger partial charge < -0.3 is 9.47 Å². The number of pyridine rings is 1. The molecule has 0 fully saturated rings. The average Bonchev–Trinajstić information content (AvgIpc) is 2.17. The highest BCUT2D eigenvalue weighted by atomic mass is 16.6. The van der Waals surface area contributed by atoms with Crippen LogP contribution in [0.15, 0.2) is 12.3 Å². The van der Waals surface area contributed by atoms with E-state index in [9.17, 15) is 5.21 Å². The highest BCUT2D eigenvalue weighted by Crippen LogP contribution is 2.37. The summed E-state index contributed by atoms with van der Waals surface area (Å²) in [6, 6.07) is 1.85. The van der Waals surface area contributed by atoms with Crippen LogP contribution in [-0.2, 0) is 5.41 Å². The Bertz CT molecular complexity index is 382. The fraction of sp³-hybridized carbons (Fsp3) is 0.545. The van der Waals surface area contributed by atoms with E-state index in [1.54, 1.807) is 6.20 Å². The summed E-state index contributed by atoms with van der Waals surface area (Å²) in [6.07, 6.45) is 1.58. The molecule has 2 rings (SSSR count). The second kappa shape index (κ2) is 3.29. The van der Waals surface area contributed by atoms with Gasteiger partial charge in [0, 0.05) is 16.4 Å². The summed E-state index contributed by atoms with van der Waals surface area (Å²) in [4.78, 5) is 0. The maximum absolute atomic E-state index is 9.56. The third kappa shape index (κ3) is 1.71. The van der Waals surface area contributed by atoms with Crippen LogP contribution in [0.4, 0.5) is 0 Å². The molecule has 0 amide bonds. The molecule has 4 heteroatoms. The monoisotopic (exact) mass is 210 g/mol. The van der Waals surface area contributed by atoms with Crippen molar-refractivity contribution in [3.63, 3.8) is 0 Å². The Morgan fingerprint density at radius 3 is 2.60 bits per heavy atom. The molecule has 2 heterocycles. The van der Waals surface area contributed by atoms with Crippen LogP contribution in [0.5, 0.6) is 11.6 Å². The van der Waals surface area contributed by atoms with Crippen molar-refractivity contribution in [2.45, 2.75) is 26.2 Å². The quantitative estimate of drug-likeness (QED) is 0.518.